The SMILES string of the molecule is O=C([C@@H]1Cc2ccccc2N1)N1CCCC2CCCCC21. The van der Waals surface area contributed by atoms with E-state index in [0.717, 1.165) is 24.6 Å². The second kappa shape index (κ2) is 5.36. The average molecular weight is 284 g/mol. The van der Waals surface area contributed by atoms with Crippen molar-refractivity contribution in [2.24, 2.45) is 5.92 Å². The molecule has 1 amide bonds. The van der Waals surface area contributed by atoms with Crippen LogP contribution in [0.5, 0.6) is 0 Å². The first-order valence-corrected chi connectivity index (χ1v) is 8.48. The van der Waals surface area contributed by atoms with E-state index >= 15 is 0 Å². The number of para-hydroxylation sites is 1. The van der Waals surface area contributed by atoms with Crippen LogP contribution in [0.25, 0.3) is 0 Å². The molecular formula is C18H24N2O. The minimum atomic E-state index is -0.0388. The molecule has 3 atom stereocenters. The smallest absolute Gasteiger partial charge is 0.245 e. The van der Waals surface area contributed by atoms with Crippen LogP contribution < -0.4 is 5.32 Å². The van der Waals surface area contributed by atoms with Gasteiger partial charge in [-0.1, -0.05) is 31.0 Å². The van der Waals surface area contributed by atoms with Crippen molar-refractivity contribution in [3.05, 3.63) is 29.8 Å². The first kappa shape index (κ1) is 13.2. The summed E-state index contributed by atoms with van der Waals surface area (Å²) in [6.07, 6.45) is 8.56. The lowest BCUT2D eigenvalue weighted by Gasteiger charge is -2.45. The van der Waals surface area contributed by atoms with Crippen molar-refractivity contribution in [3.63, 3.8) is 0 Å². The Morgan fingerprint density at radius 1 is 1.10 bits per heavy atom. The Morgan fingerprint density at radius 2 is 1.90 bits per heavy atom. The lowest BCUT2D eigenvalue weighted by atomic mass is 9.78. The molecule has 2 aliphatic heterocycles. The zero-order valence-corrected chi connectivity index (χ0v) is 12.6. The summed E-state index contributed by atoms with van der Waals surface area (Å²) >= 11 is 0. The van der Waals surface area contributed by atoms with Gasteiger partial charge in [-0.15, -0.1) is 0 Å². The number of benzene rings is 1. The Hall–Kier alpha value is -1.51. The summed E-state index contributed by atoms with van der Waals surface area (Å²) in [5, 5.41) is 3.44. The van der Waals surface area contributed by atoms with E-state index in [2.05, 4.69) is 28.4 Å². The van der Waals surface area contributed by atoms with Gasteiger partial charge in [0.2, 0.25) is 5.91 Å². The minimum absolute atomic E-state index is 0.0388. The minimum Gasteiger partial charge on any atom is -0.373 e. The van der Waals surface area contributed by atoms with Gasteiger partial charge in [-0.2, -0.15) is 0 Å². The number of hydrogen-bond acceptors (Lipinski definition) is 2. The van der Waals surface area contributed by atoms with Crippen LogP contribution in [0.1, 0.15) is 44.1 Å². The molecule has 0 bridgehead atoms. The van der Waals surface area contributed by atoms with Gasteiger partial charge in [-0.3, -0.25) is 4.79 Å². The third-order valence-corrected chi connectivity index (χ3v) is 5.60. The number of anilines is 1. The molecule has 1 N–H and O–H groups in total. The fraction of sp³-hybridized carbons (Fsp3) is 0.611. The number of carbonyl (C=O) groups excluding carboxylic acids is 1. The number of nitrogens with one attached hydrogen (secondary N) is 1. The molecule has 3 heteroatoms. The third kappa shape index (κ3) is 2.33. The van der Waals surface area contributed by atoms with E-state index < -0.39 is 0 Å². The molecule has 0 aromatic heterocycles. The van der Waals surface area contributed by atoms with Gasteiger partial charge >= 0.3 is 0 Å². The number of piperidine rings is 1. The van der Waals surface area contributed by atoms with Gasteiger partial charge in [0.1, 0.15) is 6.04 Å². The van der Waals surface area contributed by atoms with E-state index in [0.29, 0.717) is 11.9 Å². The summed E-state index contributed by atoms with van der Waals surface area (Å²) < 4.78 is 0. The van der Waals surface area contributed by atoms with Crippen LogP contribution in [0, 0.1) is 5.92 Å². The molecule has 1 saturated carbocycles. The Labute approximate surface area is 126 Å². The highest BCUT2D eigenvalue weighted by Gasteiger charge is 2.39. The molecule has 0 radical (unpaired) electrons. The summed E-state index contributed by atoms with van der Waals surface area (Å²) in [5.41, 5.74) is 2.43. The fourth-order valence-electron chi connectivity index (χ4n) is 4.55. The zero-order chi connectivity index (χ0) is 14.2. The van der Waals surface area contributed by atoms with Crippen LogP contribution in [0.3, 0.4) is 0 Å². The maximum atomic E-state index is 13.0. The largest absolute Gasteiger partial charge is 0.373 e. The molecule has 1 aromatic rings. The van der Waals surface area contributed by atoms with Crippen molar-refractivity contribution in [2.75, 3.05) is 11.9 Å². The Kier molecular flexibility index (Phi) is 3.36. The van der Waals surface area contributed by atoms with Crippen LogP contribution in [0.4, 0.5) is 5.69 Å². The summed E-state index contributed by atoms with van der Waals surface area (Å²) in [5.74, 6) is 1.10. The van der Waals surface area contributed by atoms with Crippen LogP contribution in [-0.2, 0) is 11.2 Å². The van der Waals surface area contributed by atoms with Crippen molar-refractivity contribution in [3.8, 4) is 0 Å². The van der Waals surface area contributed by atoms with Gasteiger partial charge in [0.15, 0.2) is 0 Å². The number of carbonyl (C=O) groups is 1. The standard InChI is InChI=1S/C18H24N2O/c21-18(16-12-14-7-1-3-9-15(14)19-16)20-11-5-8-13-6-2-4-10-17(13)20/h1,3,7,9,13,16-17,19H,2,4-6,8,10-12H2/t13?,16-,17?/m0/s1. The molecule has 21 heavy (non-hydrogen) atoms. The summed E-state index contributed by atoms with van der Waals surface area (Å²) in [6.45, 7) is 0.967. The predicted octanol–water partition coefficient (Wildman–Crippen LogP) is 3.20. The van der Waals surface area contributed by atoms with E-state index in [-0.39, 0.29) is 6.04 Å². The van der Waals surface area contributed by atoms with Crippen LogP contribution >= 0.6 is 0 Å². The monoisotopic (exact) mass is 284 g/mol. The molecule has 3 nitrogen and oxygen atoms in total. The molecule has 1 saturated heterocycles. The van der Waals surface area contributed by atoms with Gasteiger partial charge in [0, 0.05) is 24.7 Å². The van der Waals surface area contributed by atoms with Crippen LogP contribution in [0.15, 0.2) is 24.3 Å². The van der Waals surface area contributed by atoms with Crippen LogP contribution in [0.2, 0.25) is 0 Å². The second-order valence-electron chi connectivity index (χ2n) is 6.84. The number of hydrogen-bond donors (Lipinski definition) is 1. The third-order valence-electron chi connectivity index (χ3n) is 5.60. The highest BCUT2D eigenvalue weighted by Crippen LogP contribution is 2.36. The topological polar surface area (TPSA) is 32.3 Å². The second-order valence-corrected chi connectivity index (χ2v) is 6.84. The number of likely N-dealkylation sites (tertiary alicyclic amines) is 1. The average Bonchev–Trinajstić information content (AvgIpc) is 2.97. The molecule has 112 valence electrons. The first-order valence-electron chi connectivity index (χ1n) is 8.48. The van der Waals surface area contributed by atoms with E-state index in [1.807, 2.05) is 6.07 Å². The van der Waals surface area contributed by atoms with Gasteiger partial charge in [-0.25, -0.2) is 0 Å². The highest BCUT2D eigenvalue weighted by atomic mass is 16.2. The Balaban J connectivity index is 1.50. The summed E-state index contributed by atoms with van der Waals surface area (Å²) in [6, 6.07) is 8.80. The highest BCUT2D eigenvalue weighted by molar-refractivity contribution is 5.87. The van der Waals surface area contributed by atoms with Crippen molar-refractivity contribution in [2.45, 2.75) is 57.0 Å². The van der Waals surface area contributed by atoms with E-state index in [9.17, 15) is 4.79 Å². The number of fused-ring (bicyclic) bond motifs is 2. The van der Waals surface area contributed by atoms with Crippen LogP contribution in [-0.4, -0.2) is 29.4 Å². The molecule has 2 heterocycles. The van der Waals surface area contributed by atoms with Gasteiger partial charge in [0.25, 0.3) is 0 Å². The van der Waals surface area contributed by atoms with E-state index in [4.69, 9.17) is 0 Å². The normalized spacial score (nSPS) is 31.2. The lowest BCUT2D eigenvalue weighted by molar-refractivity contribution is -0.138. The predicted molar refractivity (Wildman–Crippen MR) is 84.2 cm³/mol. The molecule has 4 rings (SSSR count). The summed E-state index contributed by atoms with van der Waals surface area (Å²) in [7, 11) is 0. The van der Waals surface area contributed by atoms with Crippen molar-refractivity contribution >= 4 is 11.6 Å². The van der Waals surface area contributed by atoms with Crippen molar-refractivity contribution in [1.82, 2.24) is 4.90 Å². The molecule has 1 aromatic carbocycles. The maximum Gasteiger partial charge on any atom is 0.245 e. The Morgan fingerprint density at radius 3 is 2.81 bits per heavy atom. The fourth-order valence-corrected chi connectivity index (χ4v) is 4.55. The number of amides is 1. The van der Waals surface area contributed by atoms with Gasteiger partial charge < -0.3 is 10.2 Å². The first-order chi connectivity index (χ1) is 10.3. The van der Waals surface area contributed by atoms with Crippen molar-refractivity contribution in [1.29, 1.82) is 0 Å². The quantitative estimate of drug-likeness (QED) is 0.859. The molecule has 1 aliphatic carbocycles. The van der Waals surface area contributed by atoms with Crippen molar-refractivity contribution < 1.29 is 4.79 Å². The molecule has 3 aliphatic rings. The molecule has 0 spiro atoms. The van der Waals surface area contributed by atoms with E-state index in [1.54, 1.807) is 0 Å². The van der Waals surface area contributed by atoms with E-state index in [1.165, 1.54) is 44.1 Å². The number of rotatable bonds is 1. The molecule has 2 fully saturated rings. The Bertz CT molecular complexity index is 515. The van der Waals surface area contributed by atoms with Gasteiger partial charge in [-0.05, 0) is 43.2 Å². The summed E-state index contributed by atoms with van der Waals surface area (Å²) in [4.78, 5) is 15.2. The maximum absolute atomic E-state index is 13.0. The van der Waals surface area contributed by atoms with Gasteiger partial charge in [0.05, 0.1) is 0 Å². The number of nitrogens with zero attached hydrogens (tertiary/aromatic N) is 1. The molecule has 2 unspecified atom stereocenters. The zero-order valence-electron chi connectivity index (χ0n) is 12.6. The lowest BCUT2D eigenvalue weighted by Crippen LogP contribution is -2.53. The molecular weight excluding hydrogens is 260 g/mol.